The summed E-state index contributed by atoms with van der Waals surface area (Å²) in [5.74, 6) is 0. The predicted octanol–water partition coefficient (Wildman–Crippen LogP) is 0.496. The van der Waals surface area contributed by atoms with Crippen LogP contribution in [0.4, 0.5) is 4.79 Å². The van der Waals surface area contributed by atoms with Crippen molar-refractivity contribution in [1.29, 1.82) is 0 Å². The largest absolute Gasteiger partial charge is 0.373 e. The molecule has 2 amide bonds. The van der Waals surface area contributed by atoms with Crippen molar-refractivity contribution >= 4 is 6.03 Å². The number of ether oxygens (including phenoxy) is 1. The molecular weight excluding hydrogens is 206 g/mol. The molecule has 0 aromatic carbocycles. The van der Waals surface area contributed by atoms with Gasteiger partial charge in [-0.25, -0.2) is 4.79 Å². The number of rotatable bonds is 3. The molecule has 0 aromatic rings. The van der Waals surface area contributed by atoms with Crippen molar-refractivity contribution in [2.24, 2.45) is 5.73 Å². The van der Waals surface area contributed by atoms with Crippen molar-refractivity contribution < 1.29 is 9.53 Å². The van der Waals surface area contributed by atoms with Gasteiger partial charge in [0.05, 0.1) is 25.3 Å². The zero-order chi connectivity index (χ0) is 12.1. The van der Waals surface area contributed by atoms with E-state index in [-0.39, 0.29) is 18.2 Å². The lowest BCUT2D eigenvalue weighted by atomic mass is 10.2. The lowest BCUT2D eigenvalue weighted by molar-refractivity contribution is -0.0410. The molecule has 1 heterocycles. The van der Waals surface area contributed by atoms with Crippen molar-refractivity contribution in [2.75, 3.05) is 32.8 Å². The first-order chi connectivity index (χ1) is 7.63. The van der Waals surface area contributed by atoms with Crippen LogP contribution in [0.15, 0.2) is 0 Å². The molecule has 94 valence electrons. The molecule has 1 saturated heterocycles. The maximum absolute atomic E-state index is 12.2. The average Bonchev–Trinajstić information content (AvgIpc) is 2.31. The first kappa shape index (κ1) is 13.3. The summed E-state index contributed by atoms with van der Waals surface area (Å²) in [7, 11) is 0. The van der Waals surface area contributed by atoms with E-state index in [0.29, 0.717) is 19.7 Å². The minimum Gasteiger partial charge on any atom is -0.373 e. The predicted molar refractivity (Wildman–Crippen MR) is 63.3 cm³/mol. The van der Waals surface area contributed by atoms with Crippen molar-refractivity contribution in [3.63, 3.8) is 0 Å². The van der Waals surface area contributed by atoms with Gasteiger partial charge in [-0.05, 0) is 20.8 Å². The summed E-state index contributed by atoms with van der Waals surface area (Å²) in [6.07, 6.45) is -0.0179. The molecule has 0 aliphatic carbocycles. The fraction of sp³-hybridized carbons (Fsp3) is 0.909. The van der Waals surface area contributed by atoms with Crippen LogP contribution in [0.5, 0.6) is 0 Å². The second-order valence-electron chi connectivity index (χ2n) is 4.15. The lowest BCUT2D eigenvalue weighted by Crippen LogP contribution is -2.56. The number of nitrogens with two attached hydrogens (primary N) is 1. The van der Waals surface area contributed by atoms with E-state index in [1.54, 1.807) is 0 Å². The van der Waals surface area contributed by atoms with E-state index in [1.165, 1.54) is 0 Å². The van der Waals surface area contributed by atoms with E-state index in [9.17, 15) is 4.79 Å². The van der Waals surface area contributed by atoms with E-state index in [1.807, 2.05) is 30.6 Å². The minimum absolute atomic E-state index is 0.0179. The van der Waals surface area contributed by atoms with Crippen molar-refractivity contribution in [2.45, 2.75) is 32.9 Å². The molecule has 1 aliphatic rings. The molecule has 2 unspecified atom stereocenters. The summed E-state index contributed by atoms with van der Waals surface area (Å²) < 4.78 is 5.53. The van der Waals surface area contributed by atoms with Crippen LogP contribution < -0.4 is 5.73 Å². The Kier molecular flexibility index (Phi) is 5.02. The number of carbonyl (C=O) groups is 1. The molecule has 1 rings (SSSR count). The molecule has 16 heavy (non-hydrogen) atoms. The van der Waals surface area contributed by atoms with Gasteiger partial charge in [0, 0.05) is 19.6 Å². The van der Waals surface area contributed by atoms with Crippen LogP contribution in [0.25, 0.3) is 0 Å². The number of morpholine rings is 1. The van der Waals surface area contributed by atoms with Gasteiger partial charge in [-0.2, -0.15) is 0 Å². The highest BCUT2D eigenvalue weighted by Crippen LogP contribution is 2.13. The Balaban J connectivity index is 2.64. The van der Waals surface area contributed by atoms with E-state index >= 15 is 0 Å². The molecule has 1 fully saturated rings. The minimum atomic E-state index is -0.0179. The molecule has 0 spiro atoms. The molecule has 0 saturated carbocycles. The molecule has 0 aromatic heterocycles. The van der Waals surface area contributed by atoms with E-state index < -0.39 is 0 Å². The van der Waals surface area contributed by atoms with Crippen LogP contribution in [-0.4, -0.2) is 60.8 Å². The van der Waals surface area contributed by atoms with Crippen molar-refractivity contribution in [1.82, 2.24) is 9.80 Å². The Morgan fingerprint density at radius 2 is 2.12 bits per heavy atom. The van der Waals surface area contributed by atoms with E-state index in [2.05, 4.69) is 0 Å². The number of hydrogen-bond donors (Lipinski definition) is 1. The van der Waals surface area contributed by atoms with Crippen LogP contribution in [0.3, 0.4) is 0 Å². The van der Waals surface area contributed by atoms with Gasteiger partial charge in [0.2, 0.25) is 0 Å². The third-order valence-electron chi connectivity index (χ3n) is 3.05. The molecule has 0 bridgehead atoms. The molecular formula is C11H23N3O2. The molecule has 0 radical (unpaired) electrons. The van der Waals surface area contributed by atoms with Gasteiger partial charge in [-0.3, -0.25) is 0 Å². The van der Waals surface area contributed by atoms with Gasteiger partial charge in [0.1, 0.15) is 0 Å². The Bertz CT molecular complexity index is 231. The third-order valence-corrected chi connectivity index (χ3v) is 3.05. The monoisotopic (exact) mass is 229 g/mol. The summed E-state index contributed by atoms with van der Waals surface area (Å²) >= 11 is 0. The standard InChI is InChI=1S/C11H23N3O2/c1-4-13(5-2)11(15)14-7-10(6-12)16-8-9(14)3/h9-10H,4-8,12H2,1-3H3. The molecule has 5 nitrogen and oxygen atoms in total. The molecule has 5 heteroatoms. The number of nitrogens with zero attached hydrogens (tertiary/aromatic N) is 2. The average molecular weight is 229 g/mol. The van der Waals surface area contributed by atoms with Crippen LogP contribution in [0.2, 0.25) is 0 Å². The van der Waals surface area contributed by atoms with Gasteiger partial charge >= 0.3 is 6.03 Å². The highest BCUT2D eigenvalue weighted by Gasteiger charge is 2.30. The van der Waals surface area contributed by atoms with Crippen molar-refractivity contribution in [3.05, 3.63) is 0 Å². The fourth-order valence-electron chi connectivity index (χ4n) is 1.90. The summed E-state index contributed by atoms with van der Waals surface area (Å²) in [4.78, 5) is 15.9. The van der Waals surface area contributed by atoms with E-state index in [4.69, 9.17) is 10.5 Å². The van der Waals surface area contributed by atoms with Gasteiger partial charge in [0.25, 0.3) is 0 Å². The first-order valence-corrected chi connectivity index (χ1v) is 6.01. The summed E-state index contributed by atoms with van der Waals surface area (Å²) in [6, 6.07) is 0.232. The maximum atomic E-state index is 12.2. The third kappa shape index (κ3) is 2.86. The van der Waals surface area contributed by atoms with Crippen LogP contribution in [-0.2, 0) is 4.74 Å². The SMILES string of the molecule is CCN(CC)C(=O)N1CC(CN)OCC1C. The topological polar surface area (TPSA) is 58.8 Å². The quantitative estimate of drug-likeness (QED) is 0.766. The fourth-order valence-corrected chi connectivity index (χ4v) is 1.90. The number of carbonyl (C=O) groups excluding carboxylic acids is 1. The van der Waals surface area contributed by atoms with Crippen LogP contribution >= 0.6 is 0 Å². The summed E-state index contributed by atoms with van der Waals surface area (Å²) in [6.45, 7) is 9.13. The number of amides is 2. The van der Waals surface area contributed by atoms with Gasteiger partial charge in [0.15, 0.2) is 0 Å². The second-order valence-corrected chi connectivity index (χ2v) is 4.15. The van der Waals surface area contributed by atoms with Crippen LogP contribution in [0, 0.1) is 0 Å². The van der Waals surface area contributed by atoms with E-state index in [0.717, 1.165) is 13.1 Å². The van der Waals surface area contributed by atoms with Gasteiger partial charge in [-0.15, -0.1) is 0 Å². The van der Waals surface area contributed by atoms with Crippen molar-refractivity contribution in [3.8, 4) is 0 Å². The Morgan fingerprint density at radius 3 is 2.62 bits per heavy atom. The zero-order valence-electron chi connectivity index (χ0n) is 10.5. The highest BCUT2D eigenvalue weighted by atomic mass is 16.5. The second kappa shape index (κ2) is 6.06. The molecule has 2 N–H and O–H groups in total. The normalized spacial score (nSPS) is 25.6. The Hall–Kier alpha value is -0.810. The zero-order valence-corrected chi connectivity index (χ0v) is 10.5. The molecule has 1 aliphatic heterocycles. The highest BCUT2D eigenvalue weighted by molar-refractivity contribution is 5.74. The lowest BCUT2D eigenvalue weighted by Gasteiger charge is -2.40. The van der Waals surface area contributed by atoms with Gasteiger partial charge < -0.3 is 20.3 Å². The number of urea groups is 1. The summed E-state index contributed by atoms with van der Waals surface area (Å²) in [5.41, 5.74) is 5.58. The van der Waals surface area contributed by atoms with Crippen LogP contribution in [0.1, 0.15) is 20.8 Å². The number of hydrogen-bond acceptors (Lipinski definition) is 3. The first-order valence-electron chi connectivity index (χ1n) is 6.01. The van der Waals surface area contributed by atoms with Gasteiger partial charge in [-0.1, -0.05) is 0 Å². The summed E-state index contributed by atoms with van der Waals surface area (Å²) in [5, 5.41) is 0. The Labute approximate surface area is 97.5 Å². The maximum Gasteiger partial charge on any atom is 0.320 e. The Morgan fingerprint density at radius 1 is 1.50 bits per heavy atom. The smallest absolute Gasteiger partial charge is 0.320 e. The molecule has 2 atom stereocenters.